The quantitative estimate of drug-likeness (QED) is 0.705. The molecule has 0 radical (unpaired) electrons. The number of benzene rings is 2. The maximum absolute atomic E-state index is 5.94. The van der Waals surface area contributed by atoms with E-state index < -0.39 is 0 Å². The van der Waals surface area contributed by atoms with E-state index in [9.17, 15) is 0 Å². The maximum Gasteiger partial charge on any atom is 0.135 e. The minimum absolute atomic E-state index is 0.118. The standard InChI is InChI=1S/C14H14N2O/c15-8-12(16)9-5-6-14-11(7-9)10-3-1-2-4-13(10)17-14/h1-7,12H,8,15-16H2/t12-/m0/s1. The Labute approximate surface area is 99.0 Å². The second-order valence-corrected chi connectivity index (χ2v) is 4.20. The maximum atomic E-state index is 5.94. The number of fused-ring (bicyclic) bond motifs is 3. The molecular weight excluding hydrogens is 212 g/mol. The average Bonchev–Trinajstić information content (AvgIpc) is 2.75. The van der Waals surface area contributed by atoms with Gasteiger partial charge in [-0.05, 0) is 23.8 Å². The van der Waals surface area contributed by atoms with Gasteiger partial charge in [-0.3, -0.25) is 0 Å². The lowest BCUT2D eigenvalue weighted by Gasteiger charge is -2.08. The third-order valence-corrected chi connectivity index (χ3v) is 3.08. The molecule has 0 spiro atoms. The number of para-hydroxylation sites is 1. The lowest BCUT2D eigenvalue weighted by molar-refractivity contribution is 0.668. The van der Waals surface area contributed by atoms with Crippen molar-refractivity contribution in [1.29, 1.82) is 0 Å². The van der Waals surface area contributed by atoms with Crippen molar-refractivity contribution in [3.05, 3.63) is 48.0 Å². The van der Waals surface area contributed by atoms with Crippen molar-refractivity contribution in [1.82, 2.24) is 0 Å². The van der Waals surface area contributed by atoms with Crippen LogP contribution in [0.4, 0.5) is 0 Å². The minimum atomic E-state index is -0.118. The van der Waals surface area contributed by atoms with Crippen molar-refractivity contribution in [2.75, 3.05) is 6.54 Å². The van der Waals surface area contributed by atoms with E-state index >= 15 is 0 Å². The molecule has 86 valence electrons. The molecule has 17 heavy (non-hydrogen) atoms. The Hall–Kier alpha value is -1.84. The molecule has 0 amide bonds. The van der Waals surface area contributed by atoms with Gasteiger partial charge in [-0.25, -0.2) is 0 Å². The molecule has 1 aromatic heterocycles. The molecule has 2 aromatic carbocycles. The fourth-order valence-electron chi connectivity index (χ4n) is 2.11. The Kier molecular flexibility index (Phi) is 2.35. The first-order valence-corrected chi connectivity index (χ1v) is 5.66. The molecule has 3 nitrogen and oxygen atoms in total. The van der Waals surface area contributed by atoms with Crippen LogP contribution in [0.2, 0.25) is 0 Å². The lowest BCUT2D eigenvalue weighted by atomic mass is 10.0. The average molecular weight is 226 g/mol. The molecule has 0 unspecified atom stereocenters. The Morgan fingerprint density at radius 2 is 1.76 bits per heavy atom. The highest BCUT2D eigenvalue weighted by molar-refractivity contribution is 6.04. The first-order valence-electron chi connectivity index (χ1n) is 5.66. The topological polar surface area (TPSA) is 65.2 Å². The van der Waals surface area contributed by atoms with Crippen molar-refractivity contribution in [2.45, 2.75) is 6.04 Å². The van der Waals surface area contributed by atoms with E-state index in [1.807, 2.05) is 30.3 Å². The van der Waals surface area contributed by atoms with Crippen LogP contribution in [0.5, 0.6) is 0 Å². The van der Waals surface area contributed by atoms with E-state index in [4.69, 9.17) is 15.9 Å². The van der Waals surface area contributed by atoms with E-state index in [0.29, 0.717) is 6.54 Å². The largest absolute Gasteiger partial charge is 0.456 e. The highest BCUT2D eigenvalue weighted by Crippen LogP contribution is 2.29. The van der Waals surface area contributed by atoms with Crippen LogP contribution in [0.3, 0.4) is 0 Å². The van der Waals surface area contributed by atoms with Gasteiger partial charge in [-0.15, -0.1) is 0 Å². The van der Waals surface area contributed by atoms with Gasteiger partial charge in [0, 0.05) is 23.4 Å². The summed E-state index contributed by atoms with van der Waals surface area (Å²) >= 11 is 0. The van der Waals surface area contributed by atoms with Crippen LogP contribution < -0.4 is 11.5 Å². The summed E-state index contributed by atoms with van der Waals surface area (Å²) in [5.41, 5.74) is 14.4. The molecule has 3 rings (SSSR count). The van der Waals surface area contributed by atoms with Gasteiger partial charge in [-0.2, -0.15) is 0 Å². The van der Waals surface area contributed by atoms with E-state index in [1.54, 1.807) is 0 Å². The molecule has 0 fully saturated rings. The number of furan rings is 1. The van der Waals surface area contributed by atoms with Gasteiger partial charge in [0.05, 0.1) is 0 Å². The predicted octanol–water partition coefficient (Wildman–Crippen LogP) is 2.54. The monoisotopic (exact) mass is 226 g/mol. The zero-order valence-electron chi connectivity index (χ0n) is 9.39. The molecule has 0 aliphatic rings. The fraction of sp³-hybridized carbons (Fsp3) is 0.143. The third-order valence-electron chi connectivity index (χ3n) is 3.08. The number of hydrogen-bond acceptors (Lipinski definition) is 3. The molecule has 0 aliphatic carbocycles. The Morgan fingerprint density at radius 1 is 1.00 bits per heavy atom. The molecule has 0 saturated heterocycles. The molecule has 0 aliphatic heterocycles. The van der Waals surface area contributed by atoms with Crippen LogP contribution in [0, 0.1) is 0 Å². The van der Waals surface area contributed by atoms with Crippen molar-refractivity contribution < 1.29 is 4.42 Å². The predicted molar refractivity (Wildman–Crippen MR) is 69.7 cm³/mol. The summed E-state index contributed by atoms with van der Waals surface area (Å²) in [4.78, 5) is 0. The van der Waals surface area contributed by atoms with E-state index in [-0.39, 0.29) is 6.04 Å². The highest BCUT2D eigenvalue weighted by Gasteiger charge is 2.09. The Balaban J connectivity index is 2.30. The first-order chi connectivity index (χ1) is 8.29. The zero-order chi connectivity index (χ0) is 11.8. The number of rotatable bonds is 2. The Bertz CT molecular complexity index is 672. The van der Waals surface area contributed by atoms with Gasteiger partial charge < -0.3 is 15.9 Å². The minimum Gasteiger partial charge on any atom is -0.456 e. The van der Waals surface area contributed by atoms with E-state index in [2.05, 4.69) is 12.1 Å². The SMILES string of the molecule is NC[C@H](N)c1ccc2oc3ccccc3c2c1. The van der Waals surface area contributed by atoms with Gasteiger partial charge in [0.2, 0.25) is 0 Å². The van der Waals surface area contributed by atoms with Crippen molar-refractivity contribution in [3.8, 4) is 0 Å². The van der Waals surface area contributed by atoms with Gasteiger partial charge in [0.1, 0.15) is 11.2 Å². The number of hydrogen-bond donors (Lipinski definition) is 2. The third kappa shape index (κ3) is 1.60. The second kappa shape index (κ2) is 3.87. The van der Waals surface area contributed by atoms with Crippen LogP contribution in [-0.2, 0) is 0 Å². The summed E-state index contributed by atoms with van der Waals surface area (Å²) in [5, 5.41) is 2.22. The molecule has 1 heterocycles. The Morgan fingerprint density at radius 3 is 2.59 bits per heavy atom. The summed E-state index contributed by atoms with van der Waals surface area (Å²) in [7, 11) is 0. The fourth-order valence-corrected chi connectivity index (χ4v) is 2.11. The molecule has 3 heteroatoms. The van der Waals surface area contributed by atoms with E-state index in [1.165, 1.54) is 0 Å². The molecule has 1 atom stereocenters. The summed E-state index contributed by atoms with van der Waals surface area (Å²) in [6.07, 6.45) is 0. The van der Waals surface area contributed by atoms with Crippen LogP contribution in [0.25, 0.3) is 21.9 Å². The molecule has 3 aromatic rings. The van der Waals surface area contributed by atoms with E-state index in [0.717, 1.165) is 27.5 Å². The zero-order valence-corrected chi connectivity index (χ0v) is 9.39. The first kappa shape index (κ1) is 10.3. The summed E-state index contributed by atoms with van der Waals surface area (Å²) in [6.45, 7) is 0.446. The highest BCUT2D eigenvalue weighted by atomic mass is 16.3. The summed E-state index contributed by atoms with van der Waals surface area (Å²) in [6, 6.07) is 13.9. The molecular formula is C14H14N2O. The van der Waals surface area contributed by atoms with Crippen LogP contribution in [0.1, 0.15) is 11.6 Å². The normalized spacial score (nSPS) is 13.3. The van der Waals surface area contributed by atoms with Gasteiger partial charge in [0.25, 0.3) is 0 Å². The molecule has 0 saturated carbocycles. The lowest BCUT2D eigenvalue weighted by Crippen LogP contribution is -2.20. The number of nitrogens with two attached hydrogens (primary N) is 2. The van der Waals surface area contributed by atoms with Crippen molar-refractivity contribution in [3.63, 3.8) is 0 Å². The smallest absolute Gasteiger partial charge is 0.135 e. The summed E-state index contributed by atoms with van der Waals surface area (Å²) < 4.78 is 5.75. The van der Waals surface area contributed by atoms with Gasteiger partial charge >= 0.3 is 0 Å². The summed E-state index contributed by atoms with van der Waals surface area (Å²) in [5.74, 6) is 0. The van der Waals surface area contributed by atoms with Crippen LogP contribution >= 0.6 is 0 Å². The second-order valence-electron chi connectivity index (χ2n) is 4.20. The molecule has 0 bridgehead atoms. The van der Waals surface area contributed by atoms with Gasteiger partial charge in [0.15, 0.2) is 0 Å². The van der Waals surface area contributed by atoms with Crippen LogP contribution in [-0.4, -0.2) is 6.54 Å². The van der Waals surface area contributed by atoms with Gasteiger partial charge in [-0.1, -0.05) is 24.3 Å². The van der Waals surface area contributed by atoms with Crippen molar-refractivity contribution in [2.24, 2.45) is 11.5 Å². The van der Waals surface area contributed by atoms with Crippen LogP contribution in [0.15, 0.2) is 46.9 Å². The van der Waals surface area contributed by atoms with Crippen molar-refractivity contribution >= 4 is 21.9 Å². The molecule has 4 N–H and O–H groups in total.